The van der Waals surface area contributed by atoms with Crippen LogP contribution in [0.3, 0.4) is 0 Å². The monoisotopic (exact) mass is 347 g/mol. The largest absolute Gasteiger partial charge is 0.369 e. The third-order valence-corrected chi connectivity index (χ3v) is 4.83. The fourth-order valence-electron chi connectivity index (χ4n) is 2.60. The highest BCUT2D eigenvalue weighted by atomic mass is 32.2. The van der Waals surface area contributed by atoms with Crippen LogP contribution in [0.4, 0.5) is 5.69 Å². The van der Waals surface area contributed by atoms with Crippen molar-refractivity contribution in [2.45, 2.75) is 4.90 Å². The van der Waals surface area contributed by atoms with Crippen LogP contribution in [0.1, 0.15) is 5.56 Å². The second-order valence-electron chi connectivity index (χ2n) is 5.51. The van der Waals surface area contributed by atoms with E-state index in [0.717, 1.165) is 29.2 Å². The summed E-state index contributed by atoms with van der Waals surface area (Å²) in [6, 6.07) is 18.4. The van der Waals surface area contributed by atoms with Gasteiger partial charge in [-0.3, -0.25) is 0 Å². The van der Waals surface area contributed by atoms with Crippen molar-refractivity contribution in [2.24, 2.45) is 10.7 Å². The molecule has 2 aromatic carbocycles. The van der Waals surface area contributed by atoms with E-state index >= 15 is 0 Å². The van der Waals surface area contributed by atoms with Crippen molar-refractivity contribution in [1.29, 1.82) is 0 Å². The Kier molecular flexibility index (Phi) is 5.75. The normalized spacial score (nSPS) is 15.3. The van der Waals surface area contributed by atoms with Crippen LogP contribution in [0.5, 0.6) is 0 Å². The first kappa shape index (κ1) is 17.1. The summed E-state index contributed by atoms with van der Waals surface area (Å²) < 4.78 is 0. The van der Waals surface area contributed by atoms with E-state index in [-0.39, 0.29) is 0 Å². The number of allylic oxidation sites excluding steroid dienone is 3. The highest BCUT2D eigenvalue weighted by Crippen LogP contribution is 2.34. The quantitative estimate of drug-likeness (QED) is 0.495. The average molecular weight is 347 g/mol. The lowest BCUT2D eigenvalue weighted by atomic mass is 10.2. The zero-order valence-corrected chi connectivity index (χ0v) is 14.8. The van der Waals surface area contributed by atoms with Crippen molar-refractivity contribution >= 4 is 29.5 Å². The SMILES string of the molecule is C=C/C=C(\C=C\c1ccccc1)N=C(N)N1CCSc2ccccc21. The molecule has 0 saturated heterocycles. The number of nitrogens with zero attached hydrogens (tertiary/aromatic N) is 2. The number of guanidine groups is 1. The third kappa shape index (κ3) is 4.43. The van der Waals surface area contributed by atoms with Crippen molar-refractivity contribution in [2.75, 3.05) is 17.2 Å². The molecule has 0 aliphatic carbocycles. The molecule has 1 heterocycles. The Morgan fingerprint density at radius 1 is 1.12 bits per heavy atom. The van der Waals surface area contributed by atoms with Gasteiger partial charge in [-0.2, -0.15) is 0 Å². The van der Waals surface area contributed by atoms with Gasteiger partial charge >= 0.3 is 0 Å². The Labute approximate surface area is 153 Å². The van der Waals surface area contributed by atoms with Crippen LogP contribution in [-0.4, -0.2) is 18.3 Å². The van der Waals surface area contributed by atoms with Gasteiger partial charge in [0.05, 0.1) is 11.4 Å². The molecule has 25 heavy (non-hydrogen) atoms. The Balaban J connectivity index is 1.85. The zero-order chi connectivity index (χ0) is 17.5. The molecule has 2 N–H and O–H groups in total. The van der Waals surface area contributed by atoms with Gasteiger partial charge in [0.1, 0.15) is 0 Å². The molecule has 1 aliphatic rings. The highest BCUT2D eigenvalue weighted by molar-refractivity contribution is 7.99. The highest BCUT2D eigenvalue weighted by Gasteiger charge is 2.19. The second-order valence-corrected chi connectivity index (χ2v) is 6.65. The van der Waals surface area contributed by atoms with Gasteiger partial charge in [-0.05, 0) is 29.8 Å². The molecule has 0 radical (unpaired) electrons. The molecular weight excluding hydrogens is 326 g/mol. The van der Waals surface area contributed by atoms with E-state index in [2.05, 4.69) is 28.6 Å². The van der Waals surface area contributed by atoms with E-state index in [9.17, 15) is 0 Å². The number of hydrogen-bond donors (Lipinski definition) is 1. The Morgan fingerprint density at radius 2 is 1.88 bits per heavy atom. The minimum atomic E-state index is 0.499. The number of benzene rings is 2. The molecule has 0 aromatic heterocycles. The van der Waals surface area contributed by atoms with E-state index in [1.165, 1.54) is 4.90 Å². The van der Waals surface area contributed by atoms with Gasteiger partial charge in [0, 0.05) is 17.2 Å². The molecular formula is C21H21N3S. The molecule has 4 heteroatoms. The Bertz CT molecular complexity index is 822. The molecule has 0 bridgehead atoms. The molecule has 2 aromatic rings. The van der Waals surface area contributed by atoms with E-state index < -0.39 is 0 Å². The maximum Gasteiger partial charge on any atom is 0.201 e. The van der Waals surface area contributed by atoms with Gasteiger partial charge in [-0.25, -0.2) is 4.99 Å². The van der Waals surface area contributed by atoms with E-state index in [1.54, 1.807) is 6.08 Å². The first-order chi connectivity index (χ1) is 12.3. The number of hydrogen-bond acceptors (Lipinski definition) is 2. The molecule has 0 atom stereocenters. The smallest absolute Gasteiger partial charge is 0.201 e. The molecule has 0 saturated carbocycles. The topological polar surface area (TPSA) is 41.6 Å². The number of thioether (sulfide) groups is 1. The number of fused-ring (bicyclic) bond motifs is 1. The van der Waals surface area contributed by atoms with Gasteiger partial charge in [0.25, 0.3) is 0 Å². The summed E-state index contributed by atoms with van der Waals surface area (Å²) in [5.74, 6) is 1.49. The minimum absolute atomic E-state index is 0.499. The number of rotatable bonds is 4. The molecule has 0 unspecified atom stereocenters. The average Bonchev–Trinajstić information content (AvgIpc) is 2.66. The fourth-order valence-corrected chi connectivity index (χ4v) is 3.59. The lowest BCUT2D eigenvalue weighted by Gasteiger charge is -2.29. The summed E-state index contributed by atoms with van der Waals surface area (Å²) in [5.41, 5.74) is 9.32. The maximum atomic E-state index is 6.32. The summed E-state index contributed by atoms with van der Waals surface area (Å²) in [6.07, 6.45) is 7.55. The number of aliphatic imine (C=N–C) groups is 1. The molecule has 0 amide bonds. The van der Waals surface area contributed by atoms with Crippen LogP contribution in [0.15, 0.2) is 95.0 Å². The van der Waals surface area contributed by atoms with Crippen LogP contribution < -0.4 is 10.6 Å². The fraction of sp³-hybridized carbons (Fsp3) is 0.0952. The van der Waals surface area contributed by atoms with Gasteiger partial charge in [0.15, 0.2) is 0 Å². The molecule has 1 aliphatic heterocycles. The summed E-state index contributed by atoms with van der Waals surface area (Å²) in [7, 11) is 0. The first-order valence-electron chi connectivity index (χ1n) is 8.17. The lowest BCUT2D eigenvalue weighted by molar-refractivity contribution is 1.01. The third-order valence-electron chi connectivity index (χ3n) is 3.78. The Hall–Kier alpha value is -2.72. The molecule has 3 nitrogen and oxygen atoms in total. The number of nitrogens with two attached hydrogens (primary N) is 1. The molecule has 126 valence electrons. The zero-order valence-electron chi connectivity index (χ0n) is 14.0. The van der Waals surface area contributed by atoms with E-state index in [0.29, 0.717) is 5.96 Å². The van der Waals surface area contributed by atoms with Crippen LogP contribution >= 0.6 is 11.8 Å². The summed E-state index contributed by atoms with van der Waals surface area (Å²) in [5, 5.41) is 0. The second kappa shape index (κ2) is 8.40. The van der Waals surface area contributed by atoms with Crippen molar-refractivity contribution in [1.82, 2.24) is 0 Å². The standard InChI is InChI=1S/C21H21N3S/c1-2-8-18(14-13-17-9-4-3-5-10-17)23-21(22)24-15-16-25-20-12-7-6-11-19(20)24/h2-14H,1,15-16H2,(H2,22,23)/b14-13+,18-8+. The van der Waals surface area contributed by atoms with Crippen LogP contribution in [0.2, 0.25) is 0 Å². The maximum absolute atomic E-state index is 6.32. The molecule has 0 fully saturated rings. The van der Waals surface area contributed by atoms with Crippen LogP contribution in [0.25, 0.3) is 6.08 Å². The van der Waals surface area contributed by atoms with Gasteiger partial charge in [0.2, 0.25) is 5.96 Å². The summed E-state index contributed by atoms with van der Waals surface area (Å²) >= 11 is 1.85. The van der Waals surface area contributed by atoms with E-state index in [1.807, 2.05) is 72.5 Å². The van der Waals surface area contributed by atoms with Crippen LogP contribution in [0, 0.1) is 0 Å². The van der Waals surface area contributed by atoms with Crippen LogP contribution in [-0.2, 0) is 0 Å². The predicted octanol–water partition coefficient (Wildman–Crippen LogP) is 4.70. The van der Waals surface area contributed by atoms with Gasteiger partial charge in [-0.15, -0.1) is 11.8 Å². The number of anilines is 1. The first-order valence-corrected chi connectivity index (χ1v) is 9.16. The molecule has 0 spiro atoms. The van der Waals surface area contributed by atoms with Crippen molar-refractivity contribution in [3.63, 3.8) is 0 Å². The summed E-state index contributed by atoms with van der Waals surface area (Å²) in [6.45, 7) is 4.62. The van der Waals surface area contributed by atoms with Gasteiger partial charge < -0.3 is 10.6 Å². The lowest BCUT2D eigenvalue weighted by Crippen LogP contribution is -2.40. The Morgan fingerprint density at radius 3 is 2.68 bits per heavy atom. The van der Waals surface area contributed by atoms with E-state index in [4.69, 9.17) is 5.73 Å². The molecule has 3 rings (SSSR count). The van der Waals surface area contributed by atoms with Crippen molar-refractivity contribution in [3.05, 3.63) is 90.7 Å². The van der Waals surface area contributed by atoms with Gasteiger partial charge in [-0.1, -0.05) is 61.2 Å². The number of para-hydroxylation sites is 1. The van der Waals surface area contributed by atoms with Crippen molar-refractivity contribution < 1.29 is 0 Å². The minimum Gasteiger partial charge on any atom is -0.369 e. The van der Waals surface area contributed by atoms with Crippen molar-refractivity contribution in [3.8, 4) is 0 Å². The predicted molar refractivity (Wildman–Crippen MR) is 110 cm³/mol. The summed E-state index contributed by atoms with van der Waals surface area (Å²) in [4.78, 5) is 7.92.